The fourth-order valence-corrected chi connectivity index (χ4v) is 6.23. The number of carboxylic acid groups (broad SMARTS) is 1. The quantitative estimate of drug-likeness (QED) is 0.455. The zero-order chi connectivity index (χ0) is 24.5. The summed E-state index contributed by atoms with van der Waals surface area (Å²) in [6.45, 7) is 7.14. The first-order valence-electron chi connectivity index (χ1n) is 12.8. The topological polar surface area (TPSA) is 81.2 Å². The number of amides is 3. The van der Waals surface area contributed by atoms with Crippen LogP contribution in [0.3, 0.4) is 0 Å². The Hall–Kier alpha value is -2.41. The first-order chi connectivity index (χ1) is 16.2. The Morgan fingerprint density at radius 3 is 2.50 bits per heavy atom. The molecule has 186 valence electrons. The van der Waals surface area contributed by atoms with Gasteiger partial charge in [0.05, 0.1) is 0 Å². The summed E-state index contributed by atoms with van der Waals surface area (Å²) in [5, 5.41) is 9.26. The van der Waals surface area contributed by atoms with E-state index < -0.39 is 6.09 Å². The number of carbonyl (C=O) groups is 3. The zero-order valence-electron chi connectivity index (χ0n) is 20.9. The van der Waals surface area contributed by atoms with Crippen LogP contribution in [0.4, 0.5) is 4.79 Å². The van der Waals surface area contributed by atoms with E-state index in [4.69, 9.17) is 0 Å². The first kappa shape index (κ1) is 24.7. The van der Waals surface area contributed by atoms with Gasteiger partial charge in [0.1, 0.15) is 0 Å². The number of rotatable bonds is 8. The lowest BCUT2D eigenvalue weighted by Gasteiger charge is -2.35. The predicted molar refractivity (Wildman–Crippen MR) is 131 cm³/mol. The van der Waals surface area contributed by atoms with Crippen molar-refractivity contribution in [2.75, 3.05) is 26.7 Å². The molecule has 0 saturated carbocycles. The molecule has 7 nitrogen and oxygen atoms in total. The van der Waals surface area contributed by atoms with Crippen LogP contribution >= 0.6 is 0 Å². The normalized spacial score (nSPS) is 24.1. The number of hydrogen-bond donors (Lipinski definition) is 1. The summed E-state index contributed by atoms with van der Waals surface area (Å²) in [6, 6.07) is 6.96. The standard InChI is InChI=1S/C27H39N3O4/c1-27(2)16-24(31)30(25(32)17-27)14-6-4-5-13-29-15-12-22-21-9-7-8-19(18-28(3)26(33)34)20(21)10-11-23(22)29/h7-9,22-23H,4-6,10-18H2,1-3H3,(H,33,34)/t22-,23+/m1/s1. The van der Waals surface area contributed by atoms with E-state index in [9.17, 15) is 19.5 Å². The van der Waals surface area contributed by atoms with Crippen molar-refractivity contribution in [3.05, 3.63) is 34.9 Å². The number of carbonyl (C=O) groups excluding carboxylic acids is 2. The molecule has 3 amide bonds. The van der Waals surface area contributed by atoms with Gasteiger partial charge in [0, 0.05) is 44.9 Å². The van der Waals surface area contributed by atoms with E-state index in [2.05, 4.69) is 23.1 Å². The maximum absolute atomic E-state index is 12.3. The van der Waals surface area contributed by atoms with Gasteiger partial charge in [-0.05, 0) is 67.3 Å². The smallest absolute Gasteiger partial charge is 0.407 e. The van der Waals surface area contributed by atoms with Crippen LogP contribution in [0.1, 0.15) is 81.4 Å². The fraction of sp³-hybridized carbons (Fsp3) is 0.667. The Balaban J connectivity index is 1.26. The average Bonchev–Trinajstić information content (AvgIpc) is 3.18. The third-order valence-electron chi connectivity index (χ3n) is 7.98. The summed E-state index contributed by atoms with van der Waals surface area (Å²) in [5.74, 6) is 0.502. The predicted octanol–water partition coefficient (Wildman–Crippen LogP) is 4.25. The molecule has 1 aromatic rings. The molecule has 3 aliphatic rings. The highest BCUT2D eigenvalue weighted by molar-refractivity contribution is 5.98. The Bertz CT molecular complexity index is 924. The minimum absolute atomic E-state index is 0.0153. The van der Waals surface area contributed by atoms with Gasteiger partial charge in [0.2, 0.25) is 11.8 Å². The maximum Gasteiger partial charge on any atom is 0.407 e. The second-order valence-electron chi connectivity index (χ2n) is 11.2. The molecule has 2 saturated heterocycles. The van der Waals surface area contributed by atoms with Crippen LogP contribution in [0, 0.1) is 5.41 Å². The molecule has 1 aromatic carbocycles. The second-order valence-corrected chi connectivity index (χ2v) is 11.2. The summed E-state index contributed by atoms with van der Waals surface area (Å²) in [4.78, 5) is 41.4. The minimum Gasteiger partial charge on any atom is -0.465 e. The summed E-state index contributed by atoms with van der Waals surface area (Å²) in [6.07, 6.45) is 6.31. The van der Waals surface area contributed by atoms with Gasteiger partial charge in [0.25, 0.3) is 0 Å². The van der Waals surface area contributed by atoms with Gasteiger partial charge in [-0.2, -0.15) is 0 Å². The Morgan fingerprint density at radius 1 is 1.09 bits per heavy atom. The Morgan fingerprint density at radius 2 is 1.79 bits per heavy atom. The van der Waals surface area contributed by atoms with E-state index in [0.717, 1.165) is 57.2 Å². The van der Waals surface area contributed by atoms with Crippen LogP contribution in [-0.4, -0.2) is 70.4 Å². The lowest BCUT2D eigenvalue weighted by Crippen LogP contribution is -2.46. The number of piperidine rings is 1. The summed E-state index contributed by atoms with van der Waals surface area (Å²) >= 11 is 0. The lowest BCUT2D eigenvalue weighted by molar-refractivity contribution is -0.152. The molecule has 4 rings (SSSR count). The molecule has 1 N–H and O–H groups in total. The number of nitrogens with zero attached hydrogens (tertiary/aromatic N) is 3. The highest BCUT2D eigenvalue weighted by atomic mass is 16.4. The van der Waals surface area contributed by atoms with E-state index in [0.29, 0.717) is 37.9 Å². The van der Waals surface area contributed by atoms with E-state index >= 15 is 0 Å². The monoisotopic (exact) mass is 469 g/mol. The van der Waals surface area contributed by atoms with Crippen molar-refractivity contribution < 1.29 is 19.5 Å². The molecule has 2 heterocycles. The molecule has 0 bridgehead atoms. The Kier molecular flexibility index (Phi) is 7.31. The first-order valence-corrected chi connectivity index (χ1v) is 12.8. The number of hydrogen-bond acceptors (Lipinski definition) is 4. The molecule has 2 atom stereocenters. The summed E-state index contributed by atoms with van der Waals surface area (Å²) < 4.78 is 0. The van der Waals surface area contributed by atoms with E-state index in [1.54, 1.807) is 7.05 Å². The van der Waals surface area contributed by atoms with Gasteiger partial charge in [-0.15, -0.1) is 0 Å². The SMILES string of the molecule is CN(Cc1cccc2c1CC[C@H]1[C@@H]2CCN1CCCCCN1C(=O)CC(C)(C)CC1=O)C(=O)O. The third-order valence-corrected chi connectivity index (χ3v) is 7.98. The third kappa shape index (κ3) is 5.29. The summed E-state index contributed by atoms with van der Waals surface area (Å²) in [7, 11) is 1.63. The largest absolute Gasteiger partial charge is 0.465 e. The second kappa shape index (κ2) is 10.1. The van der Waals surface area contributed by atoms with Crippen LogP contribution in [-0.2, 0) is 22.6 Å². The molecule has 0 spiro atoms. The van der Waals surface area contributed by atoms with Crippen molar-refractivity contribution in [1.29, 1.82) is 0 Å². The fourth-order valence-electron chi connectivity index (χ4n) is 6.23. The number of benzene rings is 1. The number of likely N-dealkylation sites (tertiary alicyclic amines) is 2. The molecular weight excluding hydrogens is 430 g/mol. The highest BCUT2D eigenvalue weighted by Crippen LogP contribution is 2.42. The van der Waals surface area contributed by atoms with Gasteiger partial charge in [-0.1, -0.05) is 38.5 Å². The van der Waals surface area contributed by atoms with Gasteiger partial charge in [-0.3, -0.25) is 19.4 Å². The zero-order valence-corrected chi connectivity index (χ0v) is 20.9. The molecule has 0 unspecified atom stereocenters. The lowest BCUT2D eigenvalue weighted by atomic mass is 9.77. The van der Waals surface area contributed by atoms with Crippen molar-refractivity contribution in [3.63, 3.8) is 0 Å². The molecule has 7 heteroatoms. The minimum atomic E-state index is -0.892. The molecular formula is C27H39N3O4. The van der Waals surface area contributed by atoms with Crippen molar-refractivity contribution in [3.8, 4) is 0 Å². The van der Waals surface area contributed by atoms with Crippen LogP contribution < -0.4 is 0 Å². The van der Waals surface area contributed by atoms with E-state index in [-0.39, 0.29) is 17.2 Å². The van der Waals surface area contributed by atoms with Gasteiger partial charge >= 0.3 is 6.09 Å². The molecule has 2 aliphatic heterocycles. The highest BCUT2D eigenvalue weighted by Gasteiger charge is 2.39. The van der Waals surface area contributed by atoms with Crippen LogP contribution in [0.25, 0.3) is 0 Å². The van der Waals surface area contributed by atoms with Gasteiger partial charge < -0.3 is 10.0 Å². The number of unbranched alkanes of at least 4 members (excludes halogenated alkanes) is 2. The Labute approximate surface area is 203 Å². The van der Waals surface area contributed by atoms with Crippen LogP contribution in [0.15, 0.2) is 18.2 Å². The summed E-state index contributed by atoms with van der Waals surface area (Å²) in [5.41, 5.74) is 3.71. The van der Waals surface area contributed by atoms with E-state index in [1.165, 1.54) is 20.9 Å². The van der Waals surface area contributed by atoms with Crippen molar-refractivity contribution in [1.82, 2.24) is 14.7 Å². The molecule has 1 aliphatic carbocycles. The van der Waals surface area contributed by atoms with E-state index in [1.807, 2.05) is 13.8 Å². The molecule has 0 radical (unpaired) electrons. The van der Waals surface area contributed by atoms with Crippen molar-refractivity contribution in [2.24, 2.45) is 5.41 Å². The number of fused-ring (bicyclic) bond motifs is 3. The van der Waals surface area contributed by atoms with Crippen molar-refractivity contribution >= 4 is 17.9 Å². The maximum atomic E-state index is 12.3. The average molecular weight is 470 g/mol. The van der Waals surface area contributed by atoms with Crippen molar-refractivity contribution in [2.45, 2.75) is 83.7 Å². The molecule has 0 aromatic heterocycles. The van der Waals surface area contributed by atoms with Crippen LogP contribution in [0.5, 0.6) is 0 Å². The van der Waals surface area contributed by atoms with Crippen LogP contribution in [0.2, 0.25) is 0 Å². The van der Waals surface area contributed by atoms with Gasteiger partial charge in [0.15, 0.2) is 0 Å². The molecule has 34 heavy (non-hydrogen) atoms. The number of imide groups is 1. The molecule has 2 fully saturated rings. The van der Waals surface area contributed by atoms with Gasteiger partial charge in [-0.25, -0.2) is 4.79 Å².